The summed E-state index contributed by atoms with van der Waals surface area (Å²) >= 11 is 3.54. The summed E-state index contributed by atoms with van der Waals surface area (Å²) in [6.45, 7) is 4.69. The van der Waals surface area contributed by atoms with Gasteiger partial charge in [-0.15, -0.1) is 0 Å². The van der Waals surface area contributed by atoms with Crippen LogP contribution in [-0.2, 0) is 6.42 Å². The number of hydrogen-bond acceptors (Lipinski definition) is 2. The number of ether oxygens (including phenoxy) is 1. The van der Waals surface area contributed by atoms with Crippen LogP contribution in [-0.4, -0.2) is 13.2 Å². The molecular weight excluding hydrogens is 326 g/mol. The average molecular weight is 354 g/mol. The van der Waals surface area contributed by atoms with E-state index in [0.29, 0.717) is 5.92 Å². The number of hydrogen-bond donors (Lipinski definition) is 1. The lowest BCUT2D eigenvalue weighted by Gasteiger charge is -2.34. The van der Waals surface area contributed by atoms with Gasteiger partial charge in [-0.05, 0) is 73.6 Å². The SMILES string of the molecule is COc1ccc(Br)cc1CC(N)C1CCC(C(C)C)CC1. The van der Waals surface area contributed by atoms with Crippen molar-refractivity contribution in [3.8, 4) is 5.75 Å². The molecule has 0 heterocycles. The maximum absolute atomic E-state index is 6.50. The van der Waals surface area contributed by atoms with Crippen LogP contribution in [0.3, 0.4) is 0 Å². The zero-order valence-corrected chi connectivity index (χ0v) is 15.0. The Morgan fingerprint density at radius 2 is 1.81 bits per heavy atom. The molecule has 1 aromatic carbocycles. The molecule has 1 aliphatic carbocycles. The van der Waals surface area contributed by atoms with Crippen LogP contribution >= 0.6 is 15.9 Å². The maximum Gasteiger partial charge on any atom is 0.122 e. The molecule has 21 heavy (non-hydrogen) atoms. The molecule has 2 nitrogen and oxygen atoms in total. The topological polar surface area (TPSA) is 35.2 Å². The van der Waals surface area contributed by atoms with Gasteiger partial charge in [0.05, 0.1) is 7.11 Å². The van der Waals surface area contributed by atoms with E-state index in [2.05, 4.69) is 35.8 Å². The first-order valence-corrected chi connectivity index (χ1v) is 8.88. The van der Waals surface area contributed by atoms with Crippen molar-refractivity contribution in [1.82, 2.24) is 0 Å². The predicted molar refractivity (Wildman–Crippen MR) is 92.7 cm³/mol. The molecule has 1 fully saturated rings. The normalized spacial score (nSPS) is 24.1. The third kappa shape index (κ3) is 4.46. The molecule has 1 aromatic rings. The first-order valence-electron chi connectivity index (χ1n) is 8.09. The average Bonchev–Trinajstić information content (AvgIpc) is 2.47. The Balaban J connectivity index is 1.96. The second kappa shape index (κ2) is 7.64. The van der Waals surface area contributed by atoms with E-state index in [0.717, 1.165) is 28.5 Å². The van der Waals surface area contributed by atoms with Gasteiger partial charge in [-0.3, -0.25) is 0 Å². The predicted octanol–water partition coefficient (Wildman–Crippen LogP) is 4.79. The van der Waals surface area contributed by atoms with E-state index in [1.807, 2.05) is 12.1 Å². The van der Waals surface area contributed by atoms with E-state index in [1.165, 1.54) is 31.2 Å². The molecule has 0 amide bonds. The van der Waals surface area contributed by atoms with E-state index in [9.17, 15) is 0 Å². The van der Waals surface area contributed by atoms with Gasteiger partial charge in [0.2, 0.25) is 0 Å². The quantitative estimate of drug-likeness (QED) is 0.825. The summed E-state index contributed by atoms with van der Waals surface area (Å²) in [5.74, 6) is 3.31. The Hall–Kier alpha value is -0.540. The molecule has 0 spiro atoms. The molecule has 1 aliphatic rings. The van der Waals surface area contributed by atoms with Crippen molar-refractivity contribution < 1.29 is 4.74 Å². The van der Waals surface area contributed by atoms with Crippen LogP contribution in [0.2, 0.25) is 0 Å². The number of benzene rings is 1. The van der Waals surface area contributed by atoms with E-state index in [4.69, 9.17) is 10.5 Å². The molecule has 0 saturated heterocycles. The van der Waals surface area contributed by atoms with Crippen LogP contribution in [0.25, 0.3) is 0 Å². The summed E-state index contributed by atoms with van der Waals surface area (Å²) in [7, 11) is 1.73. The van der Waals surface area contributed by atoms with Crippen molar-refractivity contribution in [2.75, 3.05) is 7.11 Å². The third-order valence-corrected chi connectivity index (χ3v) is 5.56. The summed E-state index contributed by atoms with van der Waals surface area (Å²) < 4.78 is 6.55. The summed E-state index contributed by atoms with van der Waals surface area (Å²) in [5.41, 5.74) is 7.72. The fourth-order valence-electron chi connectivity index (χ4n) is 3.57. The first kappa shape index (κ1) is 16.8. The van der Waals surface area contributed by atoms with Crippen molar-refractivity contribution in [1.29, 1.82) is 0 Å². The van der Waals surface area contributed by atoms with Crippen molar-refractivity contribution in [2.45, 2.75) is 52.0 Å². The molecule has 1 unspecified atom stereocenters. The van der Waals surface area contributed by atoms with Gasteiger partial charge >= 0.3 is 0 Å². The van der Waals surface area contributed by atoms with E-state index >= 15 is 0 Å². The van der Waals surface area contributed by atoms with Crippen molar-refractivity contribution >= 4 is 15.9 Å². The molecule has 2 N–H and O–H groups in total. The molecule has 0 aliphatic heterocycles. The van der Waals surface area contributed by atoms with Gasteiger partial charge in [-0.2, -0.15) is 0 Å². The van der Waals surface area contributed by atoms with Crippen LogP contribution in [0.4, 0.5) is 0 Å². The number of nitrogens with two attached hydrogens (primary N) is 1. The van der Waals surface area contributed by atoms with E-state index in [-0.39, 0.29) is 6.04 Å². The number of halogens is 1. The van der Waals surface area contributed by atoms with Gasteiger partial charge in [0, 0.05) is 10.5 Å². The standard InChI is InChI=1S/C18H28BrNO/c1-12(2)13-4-6-14(7-5-13)17(20)11-15-10-16(19)8-9-18(15)21-3/h8-10,12-14,17H,4-7,11,20H2,1-3H3. The maximum atomic E-state index is 6.50. The minimum absolute atomic E-state index is 0.237. The molecule has 1 saturated carbocycles. The van der Waals surface area contributed by atoms with Gasteiger partial charge in [0.15, 0.2) is 0 Å². The van der Waals surface area contributed by atoms with Crippen molar-refractivity contribution in [3.63, 3.8) is 0 Å². The summed E-state index contributed by atoms with van der Waals surface area (Å²) in [6.07, 6.45) is 6.14. The highest BCUT2D eigenvalue weighted by atomic mass is 79.9. The summed E-state index contributed by atoms with van der Waals surface area (Å²) in [5, 5.41) is 0. The van der Waals surface area contributed by atoms with Crippen LogP contribution in [0.1, 0.15) is 45.1 Å². The zero-order valence-electron chi connectivity index (χ0n) is 13.4. The molecular formula is C18H28BrNO. The summed E-state index contributed by atoms with van der Waals surface area (Å²) in [6, 6.07) is 6.41. The highest BCUT2D eigenvalue weighted by Gasteiger charge is 2.27. The largest absolute Gasteiger partial charge is 0.496 e. The minimum atomic E-state index is 0.237. The number of rotatable bonds is 5. The molecule has 1 atom stereocenters. The Bertz CT molecular complexity index is 453. The Kier molecular flexibility index (Phi) is 6.12. The minimum Gasteiger partial charge on any atom is -0.496 e. The van der Waals surface area contributed by atoms with Crippen LogP contribution in [0, 0.1) is 17.8 Å². The molecule has 0 radical (unpaired) electrons. The lowest BCUT2D eigenvalue weighted by atomic mass is 9.74. The Morgan fingerprint density at radius 1 is 1.19 bits per heavy atom. The van der Waals surface area contributed by atoms with E-state index < -0.39 is 0 Å². The highest BCUT2D eigenvalue weighted by molar-refractivity contribution is 9.10. The van der Waals surface area contributed by atoms with Crippen LogP contribution in [0.15, 0.2) is 22.7 Å². The Morgan fingerprint density at radius 3 is 2.38 bits per heavy atom. The monoisotopic (exact) mass is 353 g/mol. The third-order valence-electron chi connectivity index (χ3n) is 5.06. The second-order valence-electron chi connectivity index (χ2n) is 6.74. The van der Waals surface area contributed by atoms with Gasteiger partial charge in [0.1, 0.15) is 5.75 Å². The van der Waals surface area contributed by atoms with Crippen molar-refractivity contribution in [2.24, 2.45) is 23.5 Å². The second-order valence-corrected chi connectivity index (χ2v) is 7.66. The molecule has 0 aromatic heterocycles. The number of methoxy groups -OCH3 is 1. The van der Waals surface area contributed by atoms with Gasteiger partial charge in [-0.1, -0.05) is 29.8 Å². The van der Waals surface area contributed by atoms with Gasteiger partial charge < -0.3 is 10.5 Å². The van der Waals surface area contributed by atoms with Gasteiger partial charge in [0.25, 0.3) is 0 Å². The van der Waals surface area contributed by atoms with E-state index in [1.54, 1.807) is 7.11 Å². The molecule has 0 bridgehead atoms. The fourth-order valence-corrected chi connectivity index (χ4v) is 3.98. The van der Waals surface area contributed by atoms with Crippen LogP contribution in [0.5, 0.6) is 5.75 Å². The van der Waals surface area contributed by atoms with Crippen molar-refractivity contribution in [3.05, 3.63) is 28.2 Å². The fraction of sp³-hybridized carbons (Fsp3) is 0.667. The lowest BCUT2D eigenvalue weighted by Crippen LogP contribution is -2.35. The molecule has 118 valence electrons. The smallest absolute Gasteiger partial charge is 0.122 e. The zero-order chi connectivity index (χ0) is 15.4. The summed E-state index contributed by atoms with van der Waals surface area (Å²) in [4.78, 5) is 0. The first-order chi connectivity index (χ1) is 10.0. The lowest BCUT2D eigenvalue weighted by molar-refractivity contribution is 0.202. The molecule has 2 rings (SSSR count). The Labute approximate surface area is 137 Å². The van der Waals surface area contributed by atoms with Gasteiger partial charge in [-0.25, -0.2) is 0 Å². The molecule has 3 heteroatoms. The highest BCUT2D eigenvalue weighted by Crippen LogP contribution is 2.35. The van der Waals surface area contributed by atoms with Crippen LogP contribution < -0.4 is 10.5 Å².